The van der Waals surface area contributed by atoms with Crippen molar-refractivity contribution in [3.8, 4) is 11.5 Å². The maximum Gasteiger partial charge on any atom is 0.267 e. The van der Waals surface area contributed by atoms with E-state index < -0.39 is 15.9 Å². The molecule has 1 aromatic carbocycles. The van der Waals surface area contributed by atoms with Crippen LogP contribution in [0.3, 0.4) is 0 Å². The zero-order valence-corrected chi connectivity index (χ0v) is 15.2. The quantitative estimate of drug-likeness (QED) is 0.805. The van der Waals surface area contributed by atoms with Crippen LogP contribution in [-0.2, 0) is 10.0 Å². The van der Waals surface area contributed by atoms with Crippen LogP contribution in [0.15, 0.2) is 18.2 Å². The molecule has 1 aromatic heterocycles. The zero-order valence-electron chi connectivity index (χ0n) is 13.5. The van der Waals surface area contributed by atoms with Gasteiger partial charge in [-0.2, -0.15) is 0 Å². The number of carbonyl (C=O) groups is 1. The Bertz CT molecular complexity index is 861. The number of hydrogen-bond donors (Lipinski definition) is 2. The number of amides is 1. The predicted octanol–water partition coefficient (Wildman–Crippen LogP) is 2.09. The summed E-state index contributed by atoms with van der Waals surface area (Å²) in [4.78, 5) is 16.8. The number of carbonyl (C=O) groups excluding carboxylic acids is 1. The number of rotatable bonds is 6. The lowest BCUT2D eigenvalue weighted by Crippen LogP contribution is -2.12. The van der Waals surface area contributed by atoms with E-state index in [4.69, 9.17) is 9.47 Å². The van der Waals surface area contributed by atoms with Gasteiger partial charge in [0.15, 0.2) is 5.13 Å². The summed E-state index contributed by atoms with van der Waals surface area (Å²) in [5, 5.41) is 2.86. The van der Waals surface area contributed by atoms with Gasteiger partial charge < -0.3 is 14.8 Å². The number of aryl methyl sites for hydroxylation is 1. The van der Waals surface area contributed by atoms with E-state index in [-0.39, 0.29) is 5.13 Å². The monoisotopic (exact) mass is 371 g/mol. The van der Waals surface area contributed by atoms with Crippen LogP contribution in [0.5, 0.6) is 11.5 Å². The predicted molar refractivity (Wildman–Crippen MR) is 92.8 cm³/mol. The first-order chi connectivity index (χ1) is 11.2. The number of sulfonamides is 1. The average molecular weight is 371 g/mol. The number of benzene rings is 1. The number of anilines is 2. The van der Waals surface area contributed by atoms with Crippen molar-refractivity contribution in [2.45, 2.75) is 6.92 Å². The standard InChI is InChI=1S/C14H17N3O5S2/c1-8-12(23-14(15-8)17-24(4,19)20)13(18)16-10-7-9(21-2)5-6-11(10)22-3/h5-7H,1-4H3,(H,15,17)(H,16,18). The lowest BCUT2D eigenvalue weighted by atomic mass is 10.2. The molecule has 0 saturated carbocycles. The second kappa shape index (κ2) is 7.05. The van der Waals surface area contributed by atoms with Gasteiger partial charge in [0.2, 0.25) is 10.0 Å². The topological polar surface area (TPSA) is 107 Å². The molecule has 2 rings (SSSR count). The molecule has 0 bridgehead atoms. The van der Waals surface area contributed by atoms with Crippen LogP contribution >= 0.6 is 11.3 Å². The Hall–Kier alpha value is -2.33. The normalized spacial score (nSPS) is 11.0. The lowest BCUT2D eigenvalue weighted by Gasteiger charge is -2.11. The molecule has 0 atom stereocenters. The molecule has 130 valence electrons. The number of ether oxygens (including phenoxy) is 2. The minimum atomic E-state index is -3.46. The number of aromatic nitrogens is 1. The van der Waals surface area contributed by atoms with E-state index in [1.54, 1.807) is 25.1 Å². The van der Waals surface area contributed by atoms with E-state index in [9.17, 15) is 13.2 Å². The van der Waals surface area contributed by atoms with E-state index in [1.807, 2.05) is 0 Å². The fourth-order valence-corrected chi connectivity index (χ4v) is 3.60. The fraction of sp³-hybridized carbons (Fsp3) is 0.286. The Morgan fingerprint density at radius 2 is 1.96 bits per heavy atom. The molecular weight excluding hydrogens is 354 g/mol. The molecular formula is C14H17N3O5S2. The molecule has 0 radical (unpaired) electrons. The summed E-state index contributed by atoms with van der Waals surface area (Å²) in [6.45, 7) is 1.63. The van der Waals surface area contributed by atoms with Crippen molar-refractivity contribution in [2.75, 3.05) is 30.5 Å². The third kappa shape index (κ3) is 4.36. The minimum Gasteiger partial charge on any atom is -0.497 e. The number of nitrogens with one attached hydrogen (secondary N) is 2. The Morgan fingerprint density at radius 3 is 2.54 bits per heavy atom. The van der Waals surface area contributed by atoms with Crippen molar-refractivity contribution >= 4 is 38.1 Å². The van der Waals surface area contributed by atoms with Crippen LogP contribution < -0.4 is 19.5 Å². The molecule has 0 spiro atoms. The maximum atomic E-state index is 12.5. The Morgan fingerprint density at radius 1 is 1.25 bits per heavy atom. The summed E-state index contributed by atoms with van der Waals surface area (Å²) in [7, 11) is -0.448. The maximum absolute atomic E-state index is 12.5. The first-order valence-corrected chi connectivity index (χ1v) is 9.43. The van der Waals surface area contributed by atoms with E-state index in [0.29, 0.717) is 27.8 Å². The summed E-state index contributed by atoms with van der Waals surface area (Å²) in [5.74, 6) is 0.616. The van der Waals surface area contributed by atoms with E-state index in [0.717, 1.165) is 17.6 Å². The zero-order chi connectivity index (χ0) is 17.9. The molecule has 10 heteroatoms. The van der Waals surface area contributed by atoms with Crippen LogP contribution in [0.25, 0.3) is 0 Å². The summed E-state index contributed by atoms with van der Waals surface area (Å²) in [6, 6.07) is 5.01. The molecule has 0 aliphatic heterocycles. The Balaban J connectivity index is 2.27. The molecule has 24 heavy (non-hydrogen) atoms. The molecule has 0 saturated heterocycles. The van der Waals surface area contributed by atoms with Gasteiger partial charge in [0.1, 0.15) is 16.4 Å². The van der Waals surface area contributed by atoms with Crippen LogP contribution in [-0.4, -0.2) is 39.8 Å². The molecule has 0 aliphatic carbocycles. The summed E-state index contributed by atoms with van der Waals surface area (Å²) in [5.41, 5.74) is 0.859. The van der Waals surface area contributed by atoms with Crippen molar-refractivity contribution in [1.82, 2.24) is 4.98 Å². The molecule has 1 heterocycles. The average Bonchev–Trinajstić information content (AvgIpc) is 2.85. The first-order valence-electron chi connectivity index (χ1n) is 6.72. The SMILES string of the molecule is COc1ccc(OC)c(NC(=O)c2sc(NS(C)(=O)=O)nc2C)c1. The van der Waals surface area contributed by atoms with Gasteiger partial charge in [0, 0.05) is 6.07 Å². The first kappa shape index (κ1) is 18.0. The van der Waals surface area contributed by atoms with E-state index in [2.05, 4.69) is 15.0 Å². The van der Waals surface area contributed by atoms with E-state index >= 15 is 0 Å². The minimum absolute atomic E-state index is 0.137. The largest absolute Gasteiger partial charge is 0.497 e. The second-order valence-corrected chi connectivity index (χ2v) is 7.58. The third-order valence-electron chi connectivity index (χ3n) is 2.93. The van der Waals surface area contributed by atoms with Gasteiger partial charge in [-0.15, -0.1) is 0 Å². The van der Waals surface area contributed by atoms with Gasteiger partial charge >= 0.3 is 0 Å². The number of thiazole rings is 1. The number of hydrogen-bond acceptors (Lipinski definition) is 7. The second-order valence-electron chi connectivity index (χ2n) is 4.83. The van der Waals surface area contributed by atoms with Crippen molar-refractivity contribution in [3.05, 3.63) is 28.8 Å². The third-order valence-corrected chi connectivity index (χ3v) is 4.70. The highest BCUT2D eigenvalue weighted by Gasteiger charge is 2.18. The number of nitrogens with zero attached hydrogens (tertiary/aromatic N) is 1. The van der Waals surface area contributed by atoms with Crippen molar-refractivity contribution in [3.63, 3.8) is 0 Å². The van der Waals surface area contributed by atoms with Gasteiger partial charge in [-0.05, 0) is 19.1 Å². The van der Waals surface area contributed by atoms with Gasteiger partial charge in [0.25, 0.3) is 5.91 Å². The molecule has 0 aliphatic rings. The fourth-order valence-electron chi connectivity index (χ4n) is 1.90. The van der Waals surface area contributed by atoms with Gasteiger partial charge in [-0.3, -0.25) is 9.52 Å². The molecule has 1 amide bonds. The molecule has 2 N–H and O–H groups in total. The highest BCUT2D eigenvalue weighted by molar-refractivity contribution is 7.92. The van der Waals surface area contributed by atoms with Crippen LogP contribution in [0.1, 0.15) is 15.4 Å². The molecule has 0 unspecified atom stereocenters. The van der Waals surface area contributed by atoms with Crippen molar-refractivity contribution in [2.24, 2.45) is 0 Å². The molecule has 8 nitrogen and oxygen atoms in total. The summed E-state index contributed by atoms with van der Waals surface area (Å²) in [6.07, 6.45) is 1.02. The Kier molecular flexibility index (Phi) is 5.30. The number of methoxy groups -OCH3 is 2. The van der Waals surface area contributed by atoms with Gasteiger partial charge in [-0.1, -0.05) is 11.3 Å². The highest BCUT2D eigenvalue weighted by atomic mass is 32.2. The smallest absolute Gasteiger partial charge is 0.267 e. The van der Waals surface area contributed by atoms with Gasteiger partial charge in [0.05, 0.1) is 31.9 Å². The lowest BCUT2D eigenvalue weighted by molar-refractivity contribution is 0.102. The highest BCUT2D eigenvalue weighted by Crippen LogP contribution is 2.31. The molecule has 0 fully saturated rings. The van der Waals surface area contributed by atoms with Crippen molar-refractivity contribution in [1.29, 1.82) is 0 Å². The summed E-state index contributed by atoms with van der Waals surface area (Å²) < 4.78 is 35.1. The summed E-state index contributed by atoms with van der Waals surface area (Å²) >= 11 is 0.952. The van der Waals surface area contributed by atoms with Crippen LogP contribution in [0, 0.1) is 6.92 Å². The van der Waals surface area contributed by atoms with Crippen LogP contribution in [0.2, 0.25) is 0 Å². The van der Waals surface area contributed by atoms with Crippen LogP contribution in [0.4, 0.5) is 10.8 Å². The van der Waals surface area contributed by atoms with Crippen molar-refractivity contribution < 1.29 is 22.7 Å². The van der Waals surface area contributed by atoms with E-state index in [1.165, 1.54) is 14.2 Å². The molecule has 2 aromatic rings. The van der Waals surface area contributed by atoms with Gasteiger partial charge in [-0.25, -0.2) is 13.4 Å². The Labute approximate surface area is 143 Å².